The van der Waals surface area contributed by atoms with Crippen LogP contribution in [-0.4, -0.2) is 27.3 Å². The van der Waals surface area contributed by atoms with E-state index in [4.69, 9.17) is 5.11 Å². The number of benzene rings is 1. The predicted molar refractivity (Wildman–Crippen MR) is 83.0 cm³/mol. The number of anilines is 2. The number of urea groups is 1. The van der Waals surface area contributed by atoms with Crippen LogP contribution in [0.1, 0.15) is 22.3 Å². The van der Waals surface area contributed by atoms with Crippen LogP contribution in [0.25, 0.3) is 0 Å². The van der Waals surface area contributed by atoms with Crippen molar-refractivity contribution in [2.24, 2.45) is 0 Å². The largest absolute Gasteiger partial charge is 0.478 e. The minimum atomic E-state index is -1.07. The van der Waals surface area contributed by atoms with Crippen LogP contribution in [0, 0.1) is 0 Å². The van der Waals surface area contributed by atoms with E-state index < -0.39 is 12.0 Å². The van der Waals surface area contributed by atoms with Gasteiger partial charge in [-0.25, -0.2) is 9.59 Å². The molecule has 0 fully saturated rings. The quantitative estimate of drug-likeness (QED) is 0.766. The number of hydrogen-bond donors (Lipinski definition) is 3. The van der Waals surface area contributed by atoms with Crippen LogP contribution in [0.15, 0.2) is 22.7 Å². The summed E-state index contributed by atoms with van der Waals surface area (Å²) in [7, 11) is 0. The van der Waals surface area contributed by atoms with E-state index in [-0.39, 0.29) is 5.56 Å². The number of carboxylic acids is 1. The first kappa shape index (κ1) is 15.4. The Bertz CT molecular complexity index is 689. The van der Waals surface area contributed by atoms with Gasteiger partial charge in [0, 0.05) is 10.2 Å². The number of aromatic nitrogens is 2. The number of nitrogens with zero attached hydrogens (tertiary/aromatic N) is 2. The Balaban J connectivity index is 2.07. The summed E-state index contributed by atoms with van der Waals surface area (Å²) in [5.41, 5.74) is 0.434. The number of carboxylic acid groups (broad SMARTS) is 1. The monoisotopic (exact) mass is 370 g/mol. The van der Waals surface area contributed by atoms with Crippen molar-refractivity contribution in [1.29, 1.82) is 0 Å². The molecule has 1 aromatic carbocycles. The van der Waals surface area contributed by atoms with E-state index in [0.29, 0.717) is 15.3 Å². The van der Waals surface area contributed by atoms with Gasteiger partial charge in [-0.15, -0.1) is 10.2 Å². The van der Waals surface area contributed by atoms with E-state index in [1.54, 1.807) is 6.07 Å². The van der Waals surface area contributed by atoms with Gasteiger partial charge >= 0.3 is 12.0 Å². The Labute approximate surface area is 132 Å². The Hall–Kier alpha value is -2.00. The van der Waals surface area contributed by atoms with E-state index in [1.807, 2.05) is 6.92 Å². The average Bonchev–Trinajstić information content (AvgIpc) is 2.85. The first-order chi connectivity index (χ1) is 9.97. The minimum Gasteiger partial charge on any atom is -0.478 e. The minimum absolute atomic E-state index is 0.0730. The van der Waals surface area contributed by atoms with Gasteiger partial charge in [-0.3, -0.25) is 5.32 Å². The molecule has 0 saturated carbocycles. The van der Waals surface area contributed by atoms with Crippen LogP contribution in [0.4, 0.5) is 15.6 Å². The van der Waals surface area contributed by atoms with Gasteiger partial charge in [0.05, 0.1) is 5.56 Å². The number of nitrogens with one attached hydrogen (secondary N) is 2. The van der Waals surface area contributed by atoms with Crippen LogP contribution in [-0.2, 0) is 6.42 Å². The molecule has 0 aliphatic heterocycles. The second kappa shape index (κ2) is 6.64. The number of amides is 2. The van der Waals surface area contributed by atoms with Gasteiger partial charge in [-0.1, -0.05) is 34.2 Å². The molecule has 7 nitrogen and oxygen atoms in total. The first-order valence-electron chi connectivity index (χ1n) is 5.92. The fourth-order valence-electron chi connectivity index (χ4n) is 1.49. The maximum absolute atomic E-state index is 11.8. The summed E-state index contributed by atoms with van der Waals surface area (Å²) in [6.07, 6.45) is 0.745. The molecule has 0 bridgehead atoms. The standard InChI is InChI=1S/C12H11BrN4O3S/c1-2-9-16-17-12(21-9)15-11(20)14-8-4-6(10(18)19)3-7(13)5-8/h3-5H,2H2,1H3,(H,18,19)(H2,14,15,17,20). The fourth-order valence-corrected chi connectivity index (χ4v) is 2.66. The maximum atomic E-state index is 11.8. The summed E-state index contributed by atoms with van der Waals surface area (Å²) in [6, 6.07) is 3.90. The van der Waals surface area contributed by atoms with Crippen LogP contribution in [0.2, 0.25) is 0 Å². The highest BCUT2D eigenvalue weighted by atomic mass is 79.9. The van der Waals surface area contributed by atoms with Gasteiger partial charge < -0.3 is 10.4 Å². The molecule has 0 spiro atoms. The van der Waals surface area contributed by atoms with Crippen LogP contribution in [0.5, 0.6) is 0 Å². The number of halogens is 1. The summed E-state index contributed by atoms with van der Waals surface area (Å²) >= 11 is 4.48. The summed E-state index contributed by atoms with van der Waals surface area (Å²) in [5, 5.41) is 23.0. The van der Waals surface area contributed by atoms with Crippen LogP contribution in [0.3, 0.4) is 0 Å². The molecular formula is C12H11BrN4O3S. The van der Waals surface area contributed by atoms with E-state index in [2.05, 4.69) is 36.8 Å². The zero-order valence-corrected chi connectivity index (χ0v) is 13.3. The lowest BCUT2D eigenvalue weighted by Gasteiger charge is -2.07. The third kappa shape index (κ3) is 4.23. The summed E-state index contributed by atoms with van der Waals surface area (Å²) in [5.74, 6) is -1.07. The van der Waals surface area contributed by atoms with E-state index in [1.165, 1.54) is 23.5 Å². The summed E-state index contributed by atoms with van der Waals surface area (Å²) < 4.78 is 0.557. The van der Waals surface area contributed by atoms with Crippen LogP contribution >= 0.6 is 27.3 Å². The summed E-state index contributed by atoms with van der Waals surface area (Å²) in [6.45, 7) is 1.94. The van der Waals surface area contributed by atoms with Crippen LogP contribution < -0.4 is 10.6 Å². The molecule has 0 saturated heterocycles. The predicted octanol–water partition coefficient (Wildman–Crippen LogP) is 3.21. The fraction of sp³-hybridized carbons (Fsp3) is 0.167. The van der Waals surface area contributed by atoms with Gasteiger partial charge in [0.2, 0.25) is 5.13 Å². The first-order valence-corrected chi connectivity index (χ1v) is 7.53. The SMILES string of the molecule is CCc1nnc(NC(=O)Nc2cc(Br)cc(C(=O)O)c2)s1. The molecule has 21 heavy (non-hydrogen) atoms. The molecule has 0 unspecified atom stereocenters. The van der Waals surface area contributed by atoms with Crippen molar-refractivity contribution < 1.29 is 14.7 Å². The molecule has 0 aliphatic rings. The Morgan fingerprint density at radius 1 is 1.29 bits per heavy atom. The van der Waals surface area contributed by atoms with Gasteiger partial charge in [0.15, 0.2) is 0 Å². The average molecular weight is 371 g/mol. The molecule has 110 valence electrons. The zero-order chi connectivity index (χ0) is 15.4. The number of hydrogen-bond acceptors (Lipinski definition) is 5. The van der Waals surface area contributed by atoms with Crippen molar-refractivity contribution in [1.82, 2.24) is 10.2 Å². The molecule has 1 aromatic heterocycles. The highest BCUT2D eigenvalue weighted by Crippen LogP contribution is 2.20. The van der Waals surface area contributed by atoms with Crippen molar-refractivity contribution in [2.75, 3.05) is 10.6 Å². The number of carbonyl (C=O) groups is 2. The number of rotatable bonds is 4. The topological polar surface area (TPSA) is 104 Å². The van der Waals surface area contributed by atoms with E-state index in [9.17, 15) is 9.59 Å². The second-order valence-corrected chi connectivity index (χ2v) is 5.95. The normalized spacial score (nSPS) is 10.2. The van der Waals surface area contributed by atoms with Crippen molar-refractivity contribution in [2.45, 2.75) is 13.3 Å². The van der Waals surface area contributed by atoms with Crippen molar-refractivity contribution >= 4 is 50.1 Å². The molecule has 1 heterocycles. The third-order valence-corrected chi connectivity index (χ3v) is 3.83. The van der Waals surface area contributed by atoms with Gasteiger partial charge in [-0.05, 0) is 24.6 Å². The molecule has 2 amide bonds. The van der Waals surface area contributed by atoms with E-state index in [0.717, 1.165) is 11.4 Å². The van der Waals surface area contributed by atoms with Crippen molar-refractivity contribution in [3.63, 3.8) is 0 Å². The lowest BCUT2D eigenvalue weighted by atomic mass is 10.2. The summed E-state index contributed by atoms with van der Waals surface area (Å²) in [4.78, 5) is 22.8. The lowest BCUT2D eigenvalue weighted by molar-refractivity contribution is 0.0697. The molecule has 3 N–H and O–H groups in total. The van der Waals surface area contributed by atoms with E-state index >= 15 is 0 Å². The second-order valence-electron chi connectivity index (χ2n) is 3.97. The van der Waals surface area contributed by atoms with Gasteiger partial charge in [-0.2, -0.15) is 0 Å². The smallest absolute Gasteiger partial charge is 0.335 e. The Morgan fingerprint density at radius 3 is 2.67 bits per heavy atom. The molecular weight excluding hydrogens is 360 g/mol. The van der Waals surface area contributed by atoms with Crippen molar-refractivity contribution in [3.05, 3.63) is 33.2 Å². The molecule has 9 heteroatoms. The van der Waals surface area contributed by atoms with Gasteiger partial charge in [0.1, 0.15) is 5.01 Å². The van der Waals surface area contributed by atoms with Gasteiger partial charge in [0.25, 0.3) is 0 Å². The Morgan fingerprint density at radius 2 is 2.05 bits per heavy atom. The van der Waals surface area contributed by atoms with Crippen molar-refractivity contribution in [3.8, 4) is 0 Å². The number of aromatic carboxylic acids is 1. The molecule has 0 atom stereocenters. The third-order valence-electron chi connectivity index (χ3n) is 2.39. The highest BCUT2D eigenvalue weighted by molar-refractivity contribution is 9.10. The molecule has 0 aliphatic carbocycles. The lowest BCUT2D eigenvalue weighted by Crippen LogP contribution is -2.19. The molecule has 2 rings (SSSR count). The highest BCUT2D eigenvalue weighted by Gasteiger charge is 2.10. The maximum Gasteiger partial charge on any atom is 0.335 e. The number of carbonyl (C=O) groups excluding carboxylic acids is 1. The molecule has 2 aromatic rings. The molecule has 0 radical (unpaired) electrons. The number of aryl methyl sites for hydroxylation is 1. The Kier molecular flexibility index (Phi) is 4.86. The zero-order valence-electron chi connectivity index (χ0n) is 10.9.